The van der Waals surface area contributed by atoms with E-state index in [0.29, 0.717) is 0 Å². The molecule has 1 aromatic heterocycles. The summed E-state index contributed by atoms with van der Waals surface area (Å²) in [6, 6.07) is 2.10. The van der Waals surface area contributed by atoms with Crippen LogP contribution in [-0.2, 0) is 16.1 Å². The molecule has 8 heteroatoms. The molecule has 148 valence electrons. The van der Waals surface area contributed by atoms with Crippen molar-refractivity contribution in [2.45, 2.75) is 46.6 Å². The Kier molecular flexibility index (Phi) is 9.97. The number of carbonyl (C=O) groups is 1. The van der Waals surface area contributed by atoms with Crippen molar-refractivity contribution in [1.29, 1.82) is 0 Å². The number of rotatable bonds is 6. The maximum Gasteiger partial charge on any atom is 0.308 e. The van der Waals surface area contributed by atoms with E-state index in [4.69, 9.17) is 9.73 Å². The lowest BCUT2D eigenvalue weighted by Gasteiger charge is -2.33. The van der Waals surface area contributed by atoms with Gasteiger partial charge in [-0.3, -0.25) is 14.5 Å². The third kappa shape index (κ3) is 6.44. The summed E-state index contributed by atoms with van der Waals surface area (Å²) in [4.78, 5) is 18.6. The van der Waals surface area contributed by atoms with Gasteiger partial charge in [0, 0.05) is 38.4 Å². The highest BCUT2D eigenvalue weighted by molar-refractivity contribution is 14.0. The minimum Gasteiger partial charge on any atom is -0.469 e. The number of likely N-dealkylation sites (tertiary alicyclic amines) is 1. The van der Waals surface area contributed by atoms with E-state index in [0.717, 1.165) is 63.6 Å². The standard InChI is InChI=1S/C18H31N5O2.HI/c1-5-19-18(22-11-7-16(8-12-22)17(24)25-4)20-9-6-10-23-15(3)13-14(2)21-23;/h13,16H,5-12H2,1-4H3,(H,19,20);1H. The minimum atomic E-state index is -0.0912. The number of ether oxygens (including phenoxy) is 1. The zero-order valence-electron chi connectivity index (χ0n) is 16.3. The van der Waals surface area contributed by atoms with Crippen molar-refractivity contribution in [2.24, 2.45) is 10.9 Å². The topological polar surface area (TPSA) is 71.8 Å². The fraction of sp³-hybridized carbons (Fsp3) is 0.722. The molecule has 0 radical (unpaired) electrons. The molecule has 1 aliphatic heterocycles. The highest BCUT2D eigenvalue weighted by atomic mass is 127. The number of aromatic nitrogens is 2. The molecule has 1 fully saturated rings. The van der Waals surface area contributed by atoms with Crippen molar-refractivity contribution in [3.05, 3.63) is 17.5 Å². The SMILES string of the molecule is CCNC(=NCCCn1nc(C)cc1C)N1CCC(C(=O)OC)CC1.I. The van der Waals surface area contributed by atoms with E-state index < -0.39 is 0 Å². The molecule has 0 unspecified atom stereocenters. The lowest BCUT2D eigenvalue weighted by Crippen LogP contribution is -2.46. The minimum absolute atomic E-state index is 0. The van der Waals surface area contributed by atoms with Gasteiger partial charge in [0.25, 0.3) is 0 Å². The lowest BCUT2D eigenvalue weighted by molar-refractivity contribution is -0.146. The molecular formula is C18H32IN5O2. The van der Waals surface area contributed by atoms with Crippen LogP contribution in [0.1, 0.15) is 37.6 Å². The lowest BCUT2D eigenvalue weighted by atomic mass is 9.97. The maximum atomic E-state index is 11.6. The number of piperidine rings is 1. The molecule has 1 aliphatic rings. The van der Waals surface area contributed by atoms with Gasteiger partial charge in [0.15, 0.2) is 5.96 Å². The zero-order chi connectivity index (χ0) is 18.2. The monoisotopic (exact) mass is 477 g/mol. The van der Waals surface area contributed by atoms with E-state index in [1.165, 1.54) is 12.8 Å². The van der Waals surface area contributed by atoms with E-state index in [9.17, 15) is 4.79 Å². The van der Waals surface area contributed by atoms with Gasteiger partial charge < -0.3 is 15.0 Å². The van der Waals surface area contributed by atoms with Crippen LogP contribution in [0.2, 0.25) is 0 Å². The van der Waals surface area contributed by atoms with Gasteiger partial charge in [-0.05, 0) is 46.1 Å². The summed E-state index contributed by atoms with van der Waals surface area (Å²) >= 11 is 0. The van der Waals surface area contributed by atoms with Crippen LogP contribution in [0.3, 0.4) is 0 Å². The number of nitrogens with zero attached hydrogens (tertiary/aromatic N) is 4. The number of esters is 1. The molecule has 0 spiro atoms. The predicted octanol–water partition coefficient (Wildman–Crippen LogP) is 2.36. The van der Waals surface area contributed by atoms with Crippen molar-refractivity contribution in [3.8, 4) is 0 Å². The highest BCUT2D eigenvalue weighted by Gasteiger charge is 2.26. The average Bonchev–Trinajstić information content (AvgIpc) is 2.94. The number of nitrogens with one attached hydrogen (secondary N) is 1. The number of halogens is 1. The summed E-state index contributed by atoms with van der Waals surface area (Å²) in [5.41, 5.74) is 2.25. The number of aliphatic imine (C=N–C) groups is 1. The first-order chi connectivity index (χ1) is 12.0. The van der Waals surface area contributed by atoms with Crippen molar-refractivity contribution >= 4 is 35.9 Å². The van der Waals surface area contributed by atoms with E-state index in [2.05, 4.69) is 35.2 Å². The molecule has 0 amide bonds. The van der Waals surface area contributed by atoms with E-state index >= 15 is 0 Å². The fourth-order valence-corrected chi connectivity index (χ4v) is 3.23. The van der Waals surface area contributed by atoms with Gasteiger partial charge in [-0.1, -0.05) is 0 Å². The highest BCUT2D eigenvalue weighted by Crippen LogP contribution is 2.18. The van der Waals surface area contributed by atoms with E-state index in [1.54, 1.807) is 0 Å². The molecular weight excluding hydrogens is 445 g/mol. The molecule has 0 bridgehead atoms. The largest absolute Gasteiger partial charge is 0.469 e. The van der Waals surface area contributed by atoms with Gasteiger partial charge in [-0.15, -0.1) is 24.0 Å². The molecule has 7 nitrogen and oxygen atoms in total. The van der Waals surface area contributed by atoms with Gasteiger partial charge in [-0.2, -0.15) is 5.10 Å². The summed E-state index contributed by atoms with van der Waals surface area (Å²) in [7, 11) is 1.46. The van der Waals surface area contributed by atoms with Crippen LogP contribution < -0.4 is 5.32 Å². The average molecular weight is 477 g/mol. The molecule has 0 saturated carbocycles. The van der Waals surface area contributed by atoms with Gasteiger partial charge in [0.1, 0.15) is 0 Å². The van der Waals surface area contributed by atoms with E-state index in [-0.39, 0.29) is 35.9 Å². The van der Waals surface area contributed by atoms with Crippen LogP contribution in [0.25, 0.3) is 0 Å². The van der Waals surface area contributed by atoms with Crippen LogP contribution >= 0.6 is 24.0 Å². The van der Waals surface area contributed by atoms with Gasteiger partial charge in [0.05, 0.1) is 18.7 Å². The Bertz CT molecular complexity index is 594. The smallest absolute Gasteiger partial charge is 0.308 e. The first-order valence-electron chi connectivity index (χ1n) is 9.17. The quantitative estimate of drug-likeness (QED) is 0.224. The van der Waals surface area contributed by atoms with Crippen LogP contribution in [0.4, 0.5) is 0 Å². The second-order valence-electron chi connectivity index (χ2n) is 6.52. The number of carbonyl (C=O) groups excluding carboxylic acids is 1. The summed E-state index contributed by atoms with van der Waals surface area (Å²) in [6.45, 7) is 10.3. The molecule has 0 atom stereocenters. The second kappa shape index (κ2) is 11.4. The molecule has 2 rings (SSSR count). The van der Waals surface area contributed by atoms with Crippen molar-refractivity contribution in [1.82, 2.24) is 20.0 Å². The fourth-order valence-electron chi connectivity index (χ4n) is 3.23. The molecule has 1 aromatic rings. The number of hydrogen-bond donors (Lipinski definition) is 1. The Labute approximate surface area is 173 Å². The van der Waals surface area contributed by atoms with Crippen molar-refractivity contribution < 1.29 is 9.53 Å². The normalized spacial score (nSPS) is 15.5. The third-order valence-corrected chi connectivity index (χ3v) is 4.56. The third-order valence-electron chi connectivity index (χ3n) is 4.56. The Morgan fingerprint density at radius 1 is 1.38 bits per heavy atom. The molecule has 0 aliphatic carbocycles. The Balaban J connectivity index is 0.00000338. The zero-order valence-corrected chi connectivity index (χ0v) is 18.7. The number of methoxy groups -OCH3 is 1. The first kappa shape index (κ1) is 22.7. The van der Waals surface area contributed by atoms with Gasteiger partial charge >= 0.3 is 5.97 Å². The molecule has 26 heavy (non-hydrogen) atoms. The summed E-state index contributed by atoms with van der Waals surface area (Å²) in [5, 5.41) is 7.85. The Morgan fingerprint density at radius 3 is 2.62 bits per heavy atom. The number of aryl methyl sites for hydroxylation is 3. The predicted molar refractivity (Wildman–Crippen MR) is 114 cm³/mol. The van der Waals surface area contributed by atoms with Gasteiger partial charge in [-0.25, -0.2) is 0 Å². The van der Waals surface area contributed by atoms with Crippen LogP contribution in [0, 0.1) is 19.8 Å². The Hall–Kier alpha value is -1.32. The summed E-state index contributed by atoms with van der Waals surface area (Å²) in [5.74, 6) is 0.876. The van der Waals surface area contributed by atoms with Crippen LogP contribution in [0.15, 0.2) is 11.1 Å². The second-order valence-corrected chi connectivity index (χ2v) is 6.52. The first-order valence-corrected chi connectivity index (χ1v) is 9.17. The van der Waals surface area contributed by atoms with Crippen molar-refractivity contribution in [2.75, 3.05) is 33.3 Å². The summed E-state index contributed by atoms with van der Waals surface area (Å²) in [6.07, 6.45) is 2.60. The number of guanidine groups is 1. The number of hydrogen-bond acceptors (Lipinski definition) is 4. The Morgan fingerprint density at radius 2 is 2.08 bits per heavy atom. The maximum absolute atomic E-state index is 11.6. The van der Waals surface area contributed by atoms with Crippen LogP contribution in [0.5, 0.6) is 0 Å². The van der Waals surface area contributed by atoms with Crippen molar-refractivity contribution in [3.63, 3.8) is 0 Å². The molecule has 2 heterocycles. The molecule has 1 saturated heterocycles. The molecule has 0 aromatic carbocycles. The molecule has 1 N–H and O–H groups in total. The summed E-state index contributed by atoms with van der Waals surface area (Å²) < 4.78 is 6.90. The van der Waals surface area contributed by atoms with Gasteiger partial charge in [0.2, 0.25) is 0 Å². The van der Waals surface area contributed by atoms with E-state index in [1.807, 2.05) is 11.6 Å². The van der Waals surface area contributed by atoms with Crippen LogP contribution in [-0.4, -0.2) is 59.9 Å².